The molecule has 2 heteroatoms. The lowest BCUT2D eigenvalue weighted by Gasteiger charge is -1.95. The van der Waals surface area contributed by atoms with Crippen LogP contribution in [-0.2, 0) is 0 Å². The van der Waals surface area contributed by atoms with Crippen LogP contribution in [0.1, 0.15) is 0 Å². The zero-order valence-corrected chi connectivity index (χ0v) is 7.64. The number of fused-ring (bicyclic) bond motifs is 2. The predicted molar refractivity (Wildman–Crippen MR) is 56.0 cm³/mol. The number of benzene rings is 2. The van der Waals surface area contributed by atoms with Gasteiger partial charge in [0.2, 0.25) is 0 Å². The van der Waals surface area contributed by atoms with Gasteiger partial charge in [-0.25, -0.2) is 4.98 Å². The van der Waals surface area contributed by atoms with Gasteiger partial charge in [-0.15, -0.1) is 11.3 Å². The van der Waals surface area contributed by atoms with Crippen LogP contribution in [0.5, 0.6) is 0 Å². The fourth-order valence-electron chi connectivity index (χ4n) is 1.48. The third-order valence-electron chi connectivity index (χ3n) is 2.13. The molecule has 0 saturated carbocycles. The fraction of sp³-hybridized carbons (Fsp3) is 0. The number of nitrogens with zero attached hydrogens (tertiary/aromatic N) is 1. The molecule has 0 amide bonds. The maximum Gasteiger partial charge on any atom is 0.0818 e. The first-order valence-corrected chi connectivity index (χ1v) is 4.94. The molecule has 0 spiro atoms. The second kappa shape index (κ2) is 2.54. The summed E-state index contributed by atoms with van der Waals surface area (Å²) < 4.78 is 1.25. The summed E-state index contributed by atoms with van der Waals surface area (Å²) >= 11 is 1.68. The molecule has 3 aromatic rings. The lowest BCUT2D eigenvalue weighted by molar-refractivity contribution is 1.51. The minimum atomic E-state index is 1.08. The van der Waals surface area contributed by atoms with E-state index in [-0.39, 0.29) is 0 Å². The van der Waals surface area contributed by atoms with E-state index < -0.39 is 0 Å². The van der Waals surface area contributed by atoms with E-state index >= 15 is 0 Å². The second-order valence-corrected chi connectivity index (χ2v) is 3.83. The smallest absolute Gasteiger partial charge is 0.0818 e. The minimum absolute atomic E-state index is 1.08. The van der Waals surface area contributed by atoms with E-state index in [0.717, 1.165) is 5.52 Å². The fourth-order valence-corrected chi connectivity index (χ4v) is 2.19. The van der Waals surface area contributed by atoms with Crippen LogP contribution in [0, 0.1) is 6.07 Å². The van der Waals surface area contributed by atoms with E-state index in [0.29, 0.717) is 0 Å². The molecule has 0 aliphatic carbocycles. The predicted octanol–water partition coefficient (Wildman–Crippen LogP) is 3.25. The second-order valence-electron chi connectivity index (χ2n) is 2.95. The Morgan fingerprint density at radius 3 is 3.23 bits per heavy atom. The zero-order valence-electron chi connectivity index (χ0n) is 6.82. The average molecular weight is 184 g/mol. The molecule has 0 unspecified atom stereocenters. The monoisotopic (exact) mass is 184 g/mol. The molecule has 0 fully saturated rings. The quantitative estimate of drug-likeness (QED) is 0.522. The molecule has 0 atom stereocenters. The SMILES string of the molecule is [c]1ccc2cc3scnc3cc2c1. The molecule has 0 aliphatic heterocycles. The highest BCUT2D eigenvalue weighted by Gasteiger charge is 1.98. The Hall–Kier alpha value is -1.41. The summed E-state index contributed by atoms with van der Waals surface area (Å²) in [5.74, 6) is 0. The van der Waals surface area contributed by atoms with Crippen LogP contribution < -0.4 is 0 Å². The summed E-state index contributed by atoms with van der Waals surface area (Å²) in [5.41, 5.74) is 2.96. The van der Waals surface area contributed by atoms with Gasteiger partial charge in [0.25, 0.3) is 0 Å². The van der Waals surface area contributed by atoms with Gasteiger partial charge in [0, 0.05) is 0 Å². The van der Waals surface area contributed by atoms with Gasteiger partial charge in [0.15, 0.2) is 0 Å². The number of hydrogen-bond acceptors (Lipinski definition) is 2. The molecular weight excluding hydrogens is 178 g/mol. The topological polar surface area (TPSA) is 12.9 Å². The largest absolute Gasteiger partial charge is 0.245 e. The maximum atomic E-state index is 4.27. The Bertz CT molecular complexity index is 519. The summed E-state index contributed by atoms with van der Waals surface area (Å²) in [5, 5.41) is 2.47. The van der Waals surface area contributed by atoms with E-state index in [1.165, 1.54) is 15.5 Å². The van der Waals surface area contributed by atoms with Gasteiger partial charge in [0.05, 0.1) is 15.7 Å². The molecule has 0 saturated heterocycles. The molecule has 1 heterocycles. The van der Waals surface area contributed by atoms with Gasteiger partial charge < -0.3 is 0 Å². The molecule has 13 heavy (non-hydrogen) atoms. The molecule has 61 valence electrons. The Kier molecular flexibility index (Phi) is 1.37. The summed E-state index contributed by atoms with van der Waals surface area (Å²) in [6, 6.07) is 13.4. The van der Waals surface area contributed by atoms with Gasteiger partial charge in [0.1, 0.15) is 0 Å². The van der Waals surface area contributed by atoms with Crippen molar-refractivity contribution in [2.24, 2.45) is 0 Å². The van der Waals surface area contributed by atoms with Gasteiger partial charge >= 0.3 is 0 Å². The third kappa shape index (κ3) is 1.03. The molecule has 3 rings (SSSR count). The zero-order chi connectivity index (χ0) is 8.67. The highest BCUT2D eigenvalue weighted by molar-refractivity contribution is 7.16. The Morgan fingerprint density at radius 1 is 1.23 bits per heavy atom. The van der Waals surface area contributed by atoms with Crippen LogP contribution in [-0.4, -0.2) is 4.98 Å². The van der Waals surface area contributed by atoms with Gasteiger partial charge in [-0.1, -0.05) is 12.1 Å². The average Bonchev–Trinajstić information content (AvgIpc) is 2.61. The molecule has 2 aromatic carbocycles. The first kappa shape index (κ1) is 7.04. The lowest BCUT2D eigenvalue weighted by Crippen LogP contribution is -1.72. The number of rotatable bonds is 0. The summed E-state index contributed by atoms with van der Waals surface area (Å²) in [6.07, 6.45) is 0. The van der Waals surface area contributed by atoms with Crippen LogP contribution >= 0.6 is 11.3 Å². The van der Waals surface area contributed by atoms with Crippen molar-refractivity contribution < 1.29 is 0 Å². The molecule has 0 bridgehead atoms. The van der Waals surface area contributed by atoms with E-state index in [9.17, 15) is 0 Å². The van der Waals surface area contributed by atoms with Crippen molar-refractivity contribution in [2.45, 2.75) is 0 Å². The van der Waals surface area contributed by atoms with Crippen LogP contribution in [0.15, 0.2) is 35.8 Å². The van der Waals surface area contributed by atoms with E-state index in [1.807, 2.05) is 17.6 Å². The molecule has 1 radical (unpaired) electrons. The van der Waals surface area contributed by atoms with E-state index in [1.54, 1.807) is 11.3 Å². The summed E-state index contributed by atoms with van der Waals surface area (Å²) in [6.45, 7) is 0. The number of aromatic nitrogens is 1. The Labute approximate surface area is 79.7 Å². The molecule has 0 N–H and O–H groups in total. The van der Waals surface area contributed by atoms with Gasteiger partial charge in [-0.2, -0.15) is 0 Å². The summed E-state index contributed by atoms with van der Waals surface area (Å²) in [4.78, 5) is 4.27. The number of thiazole rings is 1. The number of hydrogen-bond donors (Lipinski definition) is 0. The maximum absolute atomic E-state index is 4.27. The van der Waals surface area contributed by atoms with Crippen molar-refractivity contribution in [3.05, 3.63) is 41.9 Å². The van der Waals surface area contributed by atoms with Crippen molar-refractivity contribution in [3.8, 4) is 0 Å². The first-order valence-electron chi connectivity index (χ1n) is 4.06. The molecule has 0 aliphatic rings. The standard InChI is InChI=1S/C11H6NS/c1-2-4-9-6-11-10(12-7-13-11)5-8(9)3-1/h2-7H. The Balaban J connectivity index is 2.57. The van der Waals surface area contributed by atoms with E-state index in [2.05, 4.69) is 29.2 Å². The molecular formula is C11H6NS. The van der Waals surface area contributed by atoms with Crippen molar-refractivity contribution in [1.29, 1.82) is 0 Å². The minimum Gasteiger partial charge on any atom is -0.245 e. The highest BCUT2D eigenvalue weighted by Crippen LogP contribution is 2.24. The highest BCUT2D eigenvalue weighted by atomic mass is 32.1. The van der Waals surface area contributed by atoms with Crippen molar-refractivity contribution in [2.75, 3.05) is 0 Å². The van der Waals surface area contributed by atoms with Crippen LogP contribution in [0.2, 0.25) is 0 Å². The van der Waals surface area contributed by atoms with E-state index in [4.69, 9.17) is 0 Å². The normalized spacial score (nSPS) is 11.1. The van der Waals surface area contributed by atoms with Crippen LogP contribution in [0.4, 0.5) is 0 Å². The molecule has 1 nitrogen and oxygen atoms in total. The molecule has 1 aromatic heterocycles. The van der Waals surface area contributed by atoms with Crippen LogP contribution in [0.25, 0.3) is 21.0 Å². The Morgan fingerprint density at radius 2 is 2.23 bits per heavy atom. The van der Waals surface area contributed by atoms with Crippen molar-refractivity contribution in [3.63, 3.8) is 0 Å². The van der Waals surface area contributed by atoms with Crippen LogP contribution in [0.3, 0.4) is 0 Å². The third-order valence-corrected chi connectivity index (χ3v) is 2.93. The summed E-state index contributed by atoms with van der Waals surface area (Å²) in [7, 11) is 0. The van der Waals surface area contributed by atoms with Crippen molar-refractivity contribution in [1.82, 2.24) is 4.98 Å². The van der Waals surface area contributed by atoms with Gasteiger partial charge in [-0.05, 0) is 35.0 Å². The van der Waals surface area contributed by atoms with Crippen molar-refractivity contribution >= 4 is 32.3 Å². The lowest BCUT2D eigenvalue weighted by atomic mass is 10.1. The van der Waals surface area contributed by atoms with Gasteiger partial charge in [-0.3, -0.25) is 0 Å². The first-order chi connectivity index (χ1) is 6.43.